The summed E-state index contributed by atoms with van der Waals surface area (Å²) < 4.78 is 10.6. The minimum Gasteiger partial charge on any atom is -0.497 e. The fourth-order valence-electron chi connectivity index (χ4n) is 1.77. The van der Waals surface area contributed by atoms with Crippen molar-refractivity contribution >= 4 is 0 Å². The van der Waals surface area contributed by atoms with Crippen LogP contribution in [0.5, 0.6) is 5.75 Å². The second-order valence-corrected chi connectivity index (χ2v) is 4.43. The lowest BCUT2D eigenvalue weighted by Crippen LogP contribution is -2.08. The molecule has 3 nitrogen and oxygen atoms in total. The summed E-state index contributed by atoms with van der Waals surface area (Å²) in [5.74, 6) is 0.759. The number of rotatable bonds is 9. The van der Waals surface area contributed by atoms with E-state index in [0.29, 0.717) is 6.61 Å². The van der Waals surface area contributed by atoms with Gasteiger partial charge in [-0.1, -0.05) is 38.3 Å². The van der Waals surface area contributed by atoms with Crippen LogP contribution in [0.15, 0.2) is 24.3 Å². The first-order valence-corrected chi connectivity index (χ1v) is 6.67. The highest BCUT2D eigenvalue weighted by Crippen LogP contribution is 2.19. The zero-order chi connectivity index (χ0) is 13.2. The van der Waals surface area contributed by atoms with Crippen molar-refractivity contribution in [3.05, 3.63) is 29.8 Å². The van der Waals surface area contributed by atoms with Crippen molar-refractivity contribution < 1.29 is 14.6 Å². The van der Waals surface area contributed by atoms with Gasteiger partial charge in [-0.3, -0.25) is 0 Å². The normalized spacial score (nSPS) is 12.4. The molecule has 1 aromatic rings. The number of unbranched alkanes of at least 4 members (excludes halogenated alkanes) is 3. The van der Waals surface area contributed by atoms with Gasteiger partial charge in [0.25, 0.3) is 0 Å². The monoisotopic (exact) mass is 252 g/mol. The van der Waals surface area contributed by atoms with Gasteiger partial charge in [0.15, 0.2) is 0 Å². The Labute approximate surface area is 110 Å². The van der Waals surface area contributed by atoms with Crippen LogP contribution >= 0.6 is 0 Å². The van der Waals surface area contributed by atoms with Gasteiger partial charge in [-0.2, -0.15) is 0 Å². The minimum absolute atomic E-state index is 0.347. The van der Waals surface area contributed by atoms with Crippen LogP contribution in [0.4, 0.5) is 0 Å². The Bertz CT molecular complexity index is 325. The first-order chi connectivity index (χ1) is 8.77. The summed E-state index contributed by atoms with van der Waals surface area (Å²) in [5.41, 5.74) is 0.836. The van der Waals surface area contributed by atoms with Gasteiger partial charge < -0.3 is 14.6 Å². The van der Waals surface area contributed by atoms with E-state index in [4.69, 9.17) is 9.47 Å². The highest BCUT2D eigenvalue weighted by atomic mass is 16.5. The van der Waals surface area contributed by atoms with Crippen LogP contribution in [0, 0.1) is 0 Å². The van der Waals surface area contributed by atoms with Gasteiger partial charge in [-0.05, 0) is 24.1 Å². The summed E-state index contributed by atoms with van der Waals surface area (Å²) in [7, 11) is 1.62. The van der Waals surface area contributed by atoms with Crippen molar-refractivity contribution in [1.82, 2.24) is 0 Å². The predicted octanol–water partition coefficient (Wildman–Crippen LogP) is 3.33. The van der Waals surface area contributed by atoms with Gasteiger partial charge in [-0.15, -0.1) is 0 Å². The Hall–Kier alpha value is -1.06. The van der Waals surface area contributed by atoms with Gasteiger partial charge in [-0.25, -0.2) is 0 Å². The summed E-state index contributed by atoms with van der Waals surface area (Å²) in [6.07, 6.45) is 4.17. The fraction of sp³-hybridized carbons (Fsp3) is 0.600. The molecule has 1 rings (SSSR count). The topological polar surface area (TPSA) is 38.7 Å². The second kappa shape index (κ2) is 8.95. The molecule has 0 saturated carbocycles. The maximum atomic E-state index is 9.96. The summed E-state index contributed by atoms with van der Waals surface area (Å²) in [5, 5.41) is 9.96. The van der Waals surface area contributed by atoms with E-state index in [1.54, 1.807) is 7.11 Å². The van der Waals surface area contributed by atoms with Crippen molar-refractivity contribution in [2.45, 2.75) is 38.7 Å². The average molecular weight is 252 g/mol. The Morgan fingerprint density at radius 2 is 2.06 bits per heavy atom. The SMILES string of the molecule is CCCCCCOCC(O)c1cccc(OC)c1. The summed E-state index contributed by atoms with van der Waals surface area (Å²) in [6.45, 7) is 3.26. The number of ether oxygens (including phenoxy) is 2. The average Bonchev–Trinajstić information content (AvgIpc) is 2.42. The number of aliphatic hydroxyl groups excluding tert-OH is 1. The van der Waals surface area contributed by atoms with Crippen LogP contribution in [0.3, 0.4) is 0 Å². The maximum absolute atomic E-state index is 9.96. The molecule has 0 bridgehead atoms. The van der Waals surface area contributed by atoms with E-state index >= 15 is 0 Å². The second-order valence-electron chi connectivity index (χ2n) is 4.43. The van der Waals surface area contributed by atoms with Crippen LogP contribution in [0.1, 0.15) is 44.3 Å². The lowest BCUT2D eigenvalue weighted by atomic mass is 10.1. The molecule has 1 unspecified atom stereocenters. The van der Waals surface area contributed by atoms with Crippen LogP contribution in [0.25, 0.3) is 0 Å². The van der Waals surface area contributed by atoms with E-state index in [0.717, 1.165) is 24.3 Å². The lowest BCUT2D eigenvalue weighted by Gasteiger charge is -2.12. The van der Waals surface area contributed by atoms with Crippen LogP contribution in [0.2, 0.25) is 0 Å². The third-order valence-corrected chi connectivity index (χ3v) is 2.90. The van der Waals surface area contributed by atoms with Crippen molar-refractivity contribution in [2.24, 2.45) is 0 Å². The molecule has 18 heavy (non-hydrogen) atoms. The smallest absolute Gasteiger partial charge is 0.119 e. The van der Waals surface area contributed by atoms with E-state index in [1.165, 1.54) is 19.3 Å². The fourth-order valence-corrected chi connectivity index (χ4v) is 1.77. The molecule has 0 spiro atoms. The lowest BCUT2D eigenvalue weighted by molar-refractivity contribution is 0.0344. The molecular weight excluding hydrogens is 228 g/mol. The molecule has 0 aliphatic rings. The third-order valence-electron chi connectivity index (χ3n) is 2.90. The van der Waals surface area contributed by atoms with Crippen molar-refractivity contribution in [1.29, 1.82) is 0 Å². The van der Waals surface area contributed by atoms with Gasteiger partial charge in [0.05, 0.1) is 13.7 Å². The van der Waals surface area contributed by atoms with Gasteiger partial charge >= 0.3 is 0 Å². The van der Waals surface area contributed by atoms with Crippen molar-refractivity contribution in [3.63, 3.8) is 0 Å². The summed E-state index contributed by atoms with van der Waals surface area (Å²) >= 11 is 0. The van der Waals surface area contributed by atoms with Gasteiger partial charge in [0.2, 0.25) is 0 Å². The zero-order valence-corrected chi connectivity index (χ0v) is 11.4. The van der Waals surface area contributed by atoms with Gasteiger partial charge in [0, 0.05) is 6.61 Å². The Morgan fingerprint density at radius 1 is 1.22 bits per heavy atom. The number of aliphatic hydroxyl groups is 1. The molecule has 0 amide bonds. The van der Waals surface area contributed by atoms with Crippen molar-refractivity contribution in [3.8, 4) is 5.75 Å². The third kappa shape index (κ3) is 5.52. The van der Waals surface area contributed by atoms with Crippen LogP contribution < -0.4 is 4.74 Å². The van der Waals surface area contributed by atoms with E-state index in [2.05, 4.69) is 6.92 Å². The molecule has 0 fully saturated rings. The number of hydrogen-bond donors (Lipinski definition) is 1. The molecule has 0 aromatic heterocycles. The number of benzene rings is 1. The van der Waals surface area contributed by atoms with E-state index in [9.17, 15) is 5.11 Å². The molecule has 0 radical (unpaired) electrons. The molecule has 3 heteroatoms. The summed E-state index contributed by atoms with van der Waals surface area (Å²) in [6, 6.07) is 7.46. The molecule has 0 aliphatic carbocycles. The predicted molar refractivity (Wildman–Crippen MR) is 72.9 cm³/mol. The van der Waals surface area contributed by atoms with E-state index < -0.39 is 6.10 Å². The molecule has 0 aliphatic heterocycles. The van der Waals surface area contributed by atoms with Crippen LogP contribution in [-0.4, -0.2) is 25.4 Å². The Balaban J connectivity index is 2.25. The quantitative estimate of drug-likeness (QED) is 0.685. The molecule has 1 atom stereocenters. The summed E-state index contributed by atoms with van der Waals surface area (Å²) in [4.78, 5) is 0. The zero-order valence-electron chi connectivity index (χ0n) is 11.4. The number of hydrogen-bond acceptors (Lipinski definition) is 3. The molecule has 1 aromatic carbocycles. The number of methoxy groups -OCH3 is 1. The van der Waals surface area contributed by atoms with E-state index in [-0.39, 0.29) is 0 Å². The van der Waals surface area contributed by atoms with Gasteiger partial charge in [0.1, 0.15) is 11.9 Å². The van der Waals surface area contributed by atoms with Crippen LogP contribution in [-0.2, 0) is 4.74 Å². The highest BCUT2D eigenvalue weighted by Gasteiger charge is 2.08. The highest BCUT2D eigenvalue weighted by molar-refractivity contribution is 5.29. The molecule has 0 heterocycles. The molecule has 102 valence electrons. The standard InChI is InChI=1S/C15H24O3/c1-3-4-5-6-10-18-12-15(16)13-8-7-9-14(11-13)17-2/h7-9,11,15-16H,3-6,10,12H2,1-2H3. The minimum atomic E-state index is -0.578. The first kappa shape index (κ1) is 15.0. The maximum Gasteiger partial charge on any atom is 0.119 e. The molecule has 1 N–H and O–H groups in total. The Morgan fingerprint density at radius 3 is 2.78 bits per heavy atom. The molecule has 0 saturated heterocycles. The molecular formula is C15H24O3. The Kier molecular flexibility index (Phi) is 7.46. The van der Waals surface area contributed by atoms with Crippen molar-refractivity contribution in [2.75, 3.05) is 20.3 Å². The largest absolute Gasteiger partial charge is 0.497 e. The first-order valence-electron chi connectivity index (χ1n) is 6.67. The van der Waals surface area contributed by atoms with E-state index in [1.807, 2.05) is 24.3 Å².